The van der Waals surface area contributed by atoms with Crippen LogP contribution in [-0.4, -0.2) is 24.1 Å². The Bertz CT molecular complexity index is 242. The molecule has 16 heavy (non-hydrogen) atoms. The van der Waals surface area contributed by atoms with E-state index in [0.717, 1.165) is 19.4 Å². The van der Waals surface area contributed by atoms with Crippen LogP contribution in [0.25, 0.3) is 0 Å². The Morgan fingerprint density at radius 3 is 2.38 bits per heavy atom. The van der Waals surface area contributed by atoms with E-state index < -0.39 is 11.7 Å². The standard InChI is InChI=1S/C12H24N2O2/c1-6-8-9-13-10(7-2)14-11(15)16-12(3,4)5/h6-9H2,1-5H3,(H,13,14,15). The minimum Gasteiger partial charge on any atom is -0.444 e. The van der Waals surface area contributed by atoms with Gasteiger partial charge in [-0.15, -0.1) is 0 Å². The zero-order chi connectivity index (χ0) is 12.6. The second-order valence-electron chi connectivity index (χ2n) is 4.66. The molecule has 1 amide bonds. The number of amides is 1. The summed E-state index contributed by atoms with van der Waals surface area (Å²) in [4.78, 5) is 15.8. The third-order valence-electron chi connectivity index (χ3n) is 1.79. The fraction of sp³-hybridized carbons (Fsp3) is 0.833. The summed E-state index contributed by atoms with van der Waals surface area (Å²) in [5, 5.41) is 2.67. The van der Waals surface area contributed by atoms with Gasteiger partial charge in [-0.1, -0.05) is 20.3 Å². The molecule has 0 saturated carbocycles. The number of hydrogen-bond donors (Lipinski definition) is 1. The van der Waals surface area contributed by atoms with Crippen LogP contribution in [0.3, 0.4) is 0 Å². The van der Waals surface area contributed by atoms with Crippen LogP contribution in [-0.2, 0) is 4.74 Å². The molecule has 0 rings (SSSR count). The Morgan fingerprint density at radius 2 is 1.94 bits per heavy atom. The van der Waals surface area contributed by atoms with Crippen molar-refractivity contribution in [2.45, 2.75) is 59.5 Å². The van der Waals surface area contributed by atoms with Crippen molar-refractivity contribution < 1.29 is 9.53 Å². The van der Waals surface area contributed by atoms with Crippen LogP contribution in [0.2, 0.25) is 0 Å². The summed E-state index contributed by atoms with van der Waals surface area (Å²) in [6, 6.07) is 0. The van der Waals surface area contributed by atoms with Crippen LogP contribution < -0.4 is 5.32 Å². The molecule has 0 aromatic carbocycles. The van der Waals surface area contributed by atoms with Crippen molar-refractivity contribution in [1.82, 2.24) is 5.32 Å². The van der Waals surface area contributed by atoms with E-state index in [1.165, 1.54) is 0 Å². The number of aliphatic imine (C=N–C) groups is 1. The molecule has 4 heteroatoms. The van der Waals surface area contributed by atoms with Crippen molar-refractivity contribution >= 4 is 11.9 Å². The van der Waals surface area contributed by atoms with Crippen molar-refractivity contribution in [2.75, 3.05) is 6.54 Å². The Kier molecular flexibility index (Phi) is 6.77. The van der Waals surface area contributed by atoms with Gasteiger partial charge in [-0.25, -0.2) is 4.79 Å². The lowest BCUT2D eigenvalue weighted by molar-refractivity contribution is 0.0562. The summed E-state index contributed by atoms with van der Waals surface area (Å²) in [7, 11) is 0. The molecule has 1 N–H and O–H groups in total. The zero-order valence-electron chi connectivity index (χ0n) is 11.1. The lowest BCUT2D eigenvalue weighted by Crippen LogP contribution is -2.36. The lowest BCUT2D eigenvalue weighted by Gasteiger charge is -2.19. The first-order chi connectivity index (χ1) is 7.39. The number of ether oxygens (including phenoxy) is 1. The van der Waals surface area contributed by atoms with Gasteiger partial charge < -0.3 is 4.74 Å². The predicted octanol–water partition coefficient (Wildman–Crippen LogP) is 3.12. The molecule has 0 saturated heterocycles. The summed E-state index contributed by atoms with van der Waals surface area (Å²) in [5.74, 6) is 0.697. The first kappa shape index (κ1) is 14.9. The van der Waals surface area contributed by atoms with Crippen molar-refractivity contribution in [3.8, 4) is 0 Å². The van der Waals surface area contributed by atoms with Gasteiger partial charge in [0.15, 0.2) is 0 Å². The van der Waals surface area contributed by atoms with E-state index >= 15 is 0 Å². The van der Waals surface area contributed by atoms with Gasteiger partial charge in [0.05, 0.1) is 0 Å². The molecular weight excluding hydrogens is 204 g/mol. The van der Waals surface area contributed by atoms with Crippen LogP contribution in [0.1, 0.15) is 53.9 Å². The van der Waals surface area contributed by atoms with E-state index in [4.69, 9.17) is 4.74 Å². The highest BCUT2D eigenvalue weighted by atomic mass is 16.6. The van der Waals surface area contributed by atoms with Gasteiger partial charge in [0.25, 0.3) is 0 Å². The van der Waals surface area contributed by atoms with Crippen LogP contribution in [0.5, 0.6) is 0 Å². The lowest BCUT2D eigenvalue weighted by atomic mass is 10.2. The summed E-state index contributed by atoms with van der Waals surface area (Å²) in [6.45, 7) is 10.4. The molecule has 0 atom stereocenters. The summed E-state index contributed by atoms with van der Waals surface area (Å²) in [6.07, 6.45) is 2.43. The van der Waals surface area contributed by atoms with Crippen molar-refractivity contribution in [1.29, 1.82) is 0 Å². The van der Waals surface area contributed by atoms with E-state index in [0.29, 0.717) is 12.3 Å². The molecule has 0 aliphatic rings. The van der Waals surface area contributed by atoms with E-state index in [1.54, 1.807) is 0 Å². The minimum absolute atomic E-state index is 0.426. The molecule has 94 valence electrons. The SMILES string of the molecule is CCCCN=C(CC)NC(=O)OC(C)(C)C. The maximum absolute atomic E-state index is 11.4. The van der Waals surface area contributed by atoms with Crippen LogP contribution in [0, 0.1) is 0 Å². The van der Waals surface area contributed by atoms with Gasteiger partial charge in [0, 0.05) is 13.0 Å². The second-order valence-corrected chi connectivity index (χ2v) is 4.66. The third kappa shape index (κ3) is 8.26. The summed E-state index contributed by atoms with van der Waals surface area (Å²) >= 11 is 0. The number of carbonyl (C=O) groups excluding carboxylic acids is 1. The topological polar surface area (TPSA) is 50.7 Å². The third-order valence-corrected chi connectivity index (χ3v) is 1.79. The molecule has 0 aromatic heterocycles. The first-order valence-corrected chi connectivity index (χ1v) is 5.92. The number of carbonyl (C=O) groups is 1. The van der Waals surface area contributed by atoms with Crippen molar-refractivity contribution in [3.05, 3.63) is 0 Å². The van der Waals surface area contributed by atoms with E-state index in [-0.39, 0.29) is 0 Å². The quantitative estimate of drug-likeness (QED) is 0.456. The number of nitrogens with one attached hydrogen (secondary N) is 1. The average Bonchev–Trinajstić information content (AvgIpc) is 2.13. The molecule has 4 nitrogen and oxygen atoms in total. The molecule has 0 unspecified atom stereocenters. The van der Waals surface area contributed by atoms with Crippen LogP contribution >= 0.6 is 0 Å². The van der Waals surface area contributed by atoms with Gasteiger partial charge in [0.2, 0.25) is 0 Å². The molecule has 0 heterocycles. The monoisotopic (exact) mass is 228 g/mol. The van der Waals surface area contributed by atoms with Gasteiger partial charge in [0.1, 0.15) is 11.4 Å². The number of amidine groups is 1. The number of alkyl carbamates (subject to hydrolysis) is 1. The molecule has 0 radical (unpaired) electrons. The Labute approximate surface area is 98.5 Å². The van der Waals surface area contributed by atoms with Crippen LogP contribution in [0.4, 0.5) is 4.79 Å². The summed E-state index contributed by atoms with van der Waals surface area (Å²) < 4.78 is 5.15. The van der Waals surface area contributed by atoms with Crippen LogP contribution in [0.15, 0.2) is 4.99 Å². The van der Waals surface area contributed by atoms with Crippen molar-refractivity contribution in [3.63, 3.8) is 0 Å². The smallest absolute Gasteiger partial charge is 0.413 e. The molecule has 0 aliphatic heterocycles. The number of nitrogens with zero attached hydrogens (tertiary/aromatic N) is 1. The minimum atomic E-state index is -0.466. The molecule has 0 spiro atoms. The number of rotatable bonds is 4. The largest absolute Gasteiger partial charge is 0.444 e. The molecular formula is C12H24N2O2. The second kappa shape index (κ2) is 7.25. The molecule has 0 aromatic rings. The Hall–Kier alpha value is -1.06. The van der Waals surface area contributed by atoms with Gasteiger partial charge in [-0.05, 0) is 27.2 Å². The average molecular weight is 228 g/mol. The highest BCUT2D eigenvalue weighted by molar-refractivity contribution is 5.95. The zero-order valence-corrected chi connectivity index (χ0v) is 11.1. The maximum Gasteiger partial charge on any atom is 0.413 e. The van der Waals surface area contributed by atoms with Crippen molar-refractivity contribution in [2.24, 2.45) is 4.99 Å². The molecule has 0 aliphatic carbocycles. The van der Waals surface area contributed by atoms with Gasteiger partial charge >= 0.3 is 6.09 Å². The predicted molar refractivity (Wildman–Crippen MR) is 66.9 cm³/mol. The fourth-order valence-electron chi connectivity index (χ4n) is 1.03. The Balaban J connectivity index is 4.11. The summed E-state index contributed by atoms with van der Waals surface area (Å²) in [5.41, 5.74) is -0.466. The van der Waals surface area contributed by atoms with Gasteiger partial charge in [-0.2, -0.15) is 0 Å². The fourth-order valence-corrected chi connectivity index (χ4v) is 1.03. The molecule has 0 fully saturated rings. The highest BCUT2D eigenvalue weighted by Crippen LogP contribution is 2.06. The molecule has 0 bridgehead atoms. The normalized spacial score (nSPS) is 12.4. The number of unbranched alkanes of at least 4 members (excludes halogenated alkanes) is 1. The van der Waals surface area contributed by atoms with E-state index in [2.05, 4.69) is 17.2 Å². The highest BCUT2D eigenvalue weighted by Gasteiger charge is 2.16. The maximum atomic E-state index is 11.4. The Morgan fingerprint density at radius 1 is 1.31 bits per heavy atom. The van der Waals surface area contributed by atoms with Gasteiger partial charge in [-0.3, -0.25) is 10.3 Å². The van der Waals surface area contributed by atoms with E-state index in [9.17, 15) is 4.79 Å². The first-order valence-electron chi connectivity index (χ1n) is 5.92. The van der Waals surface area contributed by atoms with E-state index in [1.807, 2.05) is 27.7 Å². The number of hydrogen-bond acceptors (Lipinski definition) is 3.